The van der Waals surface area contributed by atoms with Crippen LogP contribution in [0.25, 0.3) is 0 Å². The van der Waals surface area contributed by atoms with E-state index in [9.17, 15) is 9.59 Å². The van der Waals surface area contributed by atoms with Crippen molar-refractivity contribution < 1.29 is 19.1 Å². The molecule has 144 valence electrons. The first kappa shape index (κ1) is 20.5. The molecule has 2 aromatic carbocycles. The molecule has 0 saturated carbocycles. The fraction of sp³-hybridized carbons (Fsp3) is 0.333. The molecule has 6 heteroatoms. The van der Waals surface area contributed by atoms with E-state index >= 15 is 0 Å². The van der Waals surface area contributed by atoms with E-state index in [1.54, 1.807) is 19.2 Å². The number of ether oxygens (including phenoxy) is 2. The normalized spacial score (nSPS) is 10.5. The maximum atomic E-state index is 12.5. The van der Waals surface area contributed by atoms with Crippen LogP contribution < -0.4 is 10.1 Å². The summed E-state index contributed by atoms with van der Waals surface area (Å²) in [5.74, 6) is 0.175. The topological polar surface area (TPSA) is 67.9 Å². The van der Waals surface area contributed by atoms with E-state index < -0.39 is 0 Å². The second-order valence-corrected chi connectivity index (χ2v) is 6.15. The van der Waals surface area contributed by atoms with Gasteiger partial charge in [0.15, 0.2) is 0 Å². The molecular formula is C21H26N2O4. The van der Waals surface area contributed by atoms with Crippen LogP contribution in [0.15, 0.2) is 48.5 Å². The van der Waals surface area contributed by atoms with Crippen molar-refractivity contribution in [2.45, 2.75) is 19.9 Å². The molecule has 2 aromatic rings. The molecule has 0 atom stereocenters. The van der Waals surface area contributed by atoms with Gasteiger partial charge in [-0.2, -0.15) is 0 Å². The van der Waals surface area contributed by atoms with Crippen molar-refractivity contribution in [1.82, 2.24) is 4.90 Å². The highest BCUT2D eigenvalue weighted by Crippen LogP contribution is 2.23. The van der Waals surface area contributed by atoms with Gasteiger partial charge in [-0.3, -0.25) is 9.69 Å². The third-order valence-electron chi connectivity index (χ3n) is 4.07. The Morgan fingerprint density at radius 3 is 2.37 bits per heavy atom. The van der Waals surface area contributed by atoms with Crippen molar-refractivity contribution in [2.24, 2.45) is 0 Å². The van der Waals surface area contributed by atoms with Gasteiger partial charge < -0.3 is 14.8 Å². The van der Waals surface area contributed by atoms with E-state index in [-0.39, 0.29) is 18.4 Å². The molecule has 0 aliphatic rings. The molecule has 0 saturated heterocycles. The van der Waals surface area contributed by atoms with Gasteiger partial charge in [-0.15, -0.1) is 0 Å². The highest BCUT2D eigenvalue weighted by molar-refractivity contribution is 5.93. The molecule has 0 aliphatic heterocycles. The van der Waals surface area contributed by atoms with Gasteiger partial charge in [0.25, 0.3) is 0 Å². The van der Waals surface area contributed by atoms with Crippen LogP contribution in [0.5, 0.6) is 5.75 Å². The minimum Gasteiger partial charge on any atom is -0.495 e. The molecule has 0 aromatic heterocycles. The Morgan fingerprint density at radius 2 is 1.74 bits per heavy atom. The van der Waals surface area contributed by atoms with Gasteiger partial charge in [0.05, 0.1) is 32.0 Å². The van der Waals surface area contributed by atoms with E-state index in [0.29, 0.717) is 23.5 Å². The molecule has 0 spiro atoms. The van der Waals surface area contributed by atoms with Gasteiger partial charge in [0.1, 0.15) is 5.75 Å². The molecule has 0 bridgehead atoms. The Labute approximate surface area is 160 Å². The van der Waals surface area contributed by atoms with Crippen molar-refractivity contribution in [2.75, 3.05) is 32.6 Å². The number of carbonyl (C=O) groups excluding carboxylic acids is 2. The van der Waals surface area contributed by atoms with E-state index in [1.165, 1.54) is 7.11 Å². The number of methoxy groups -OCH3 is 2. The first-order chi connectivity index (χ1) is 13.1. The lowest BCUT2D eigenvalue weighted by molar-refractivity contribution is -0.117. The molecule has 6 nitrogen and oxygen atoms in total. The Morgan fingerprint density at radius 1 is 1.04 bits per heavy atom. The second-order valence-electron chi connectivity index (χ2n) is 6.15. The standard InChI is InChI=1S/C21H26N2O4/c1-4-13-23(14-16-9-11-17(12-10-16)21(25)27-3)15-20(24)22-18-7-5-6-8-19(18)26-2/h5-12H,4,13-15H2,1-3H3,(H,22,24). The van der Waals surface area contributed by atoms with Gasteiger partial charge >= 0.3 is 5.97 Å². The number of para-hydroxylation sites is 2. The van der Waals surface area contributed by atoms with Crippen molar-refractivity contribution in [3.8, 4) is 5.75 Å². The van der Waals surface area contributed by atoms with Gasteiger partial charge in [0.2, 0.25) is 5.91 Å². The Balaban J connectivity index is 2.00. The Hall–Kier alpha value is -2.86. The second kappa shape index (κ2) is 10.3. The number of carbonyl (C=O) groups is 2. The Bertz CT molecular complexity index is 759. The van der Waals surface area contributed by atoms with Crippen molar-refractivity contribution in [3.05, 3.63) is 59.7 Å². The lowest BCUT2D eigenvalue weighted by Gasteiger charge is -2.21. The zero-order valence-corrected chi connectivity index (χ0v) is 16.0. The predicted molar refractivity (Wildman–Crippen MR) is 105 cm³/mol. The third-order valence-corrected chi connectivity index (χ3v) is 4.07. The minimum absolute atomic E-state index is 0.0980. The molecule has 27 heavy (non-hydrogen) atoms. The predicted octanol–water partition coefficient (Wildman–Crippen LogP) is 3.33. The number of hydrogen-bond acceptors (Lipinski definition) is 5. The summed E-state index contributed by atoms with van der Waals surface area (Å²) in [4.78, 5) is 26.1. The summed E-state index contributed by atoms with van der Waals surface area (Å²) < 4.78 is 9.98. The van der Waals surface area contributed by atoms with Crippen LogP contribution in [0.3, 0.4) is 0 Å². The van der Waals surface area contributed by atoms with Crippen LogP contribution in [-0.2, 0) is 16.1 Å². The zero-order valence-electron chi connectivity index (χ0n) is 16.0. The molecule has 2 rings (SSSR count). The summed E-state index contributed by atoms with van der Waals surface area (Å²) >= 11 is 0. The van der Waals surface area contributed by atoms with Crippen molar-refractivity contribution in [3.63, 3.8) is 0 Å². The lowest BCUT2D eigenvalue weighted by atomic mass is 10.1. The molecule has 1 N–H and O–H groups in total. The molecule has 0 fully saturated rings. The molecular weight excluding hydrogens is 344 g/mol. The van der Waals surface area contributed by atoms with E-state index in [1.807, 2.05) is 36.4 Å². The van der Waals surface area contributed by atoms with E-state index in [4.69, 9.17) is 9.47 Å². The fourth-order valence-electron chi connectivity index (χ4n) is 2.79. The number of nitrogens with one attached hydrogen (secondary N) is 1. The number of nitrogens with zero attached hydrogens (tertiary/aromatic N) is 1. The molecule has 0 heterocycles. The number of anilines is 1. The quantitative estimate of drug-likeness (QED) is 0.686. The average Bonchev–Trinajstić information content (AvgIpc) is 2.68. The fourth-order valence-corrected chi connectivity index (χ4v) is 2.79. The Kier molecular flexibility index (Phi) is 7.82. The minimum atomic E-state index is -0.358. The van der Waals surface area contributed by atoms with Crippen molar-refractivity contribution in [1.29, 1.82) is 0 Å². The number of esters is 1. The van der Waals surface area contributed by atoms with Crippen LogP contribution in [0, 0.1) is 0 Å². The third kappa shape index (κ3) is 6.11. The van der Waals surface area contributed by atoms with Gasteiger partial charge in [-0.05, 0) is 42.8 Å². The van der Waals surface area contributed by atoms with Crippen LogP contribution in [0.4, 0.5) is 5.69 Å². The summed E-state index contributed by atoms with van der Waals surface area (Å²) in [7, 11) is 2.94. The number of benzene rings is 2. The summed E-state index contributed by atoms with van der Waals surface area (Å²) in [6.45, 7) is 3.75. The number of amides is 1. The van der Waals surface area contributed by atoms with E-state index in [2.05, 4.69) is 17.1 Å². The van der Waals surface area contributed by atoms with Crippen molar-refractivity contribution >= 4 is 17.6 Å². The lowest BCUT2D eigenvalue weighted by Crippen LogP contribution is -2.33. The maximum Gasteiger partial charge on any atom is 0.337 e. The summed E-state index contributed by atoms with van der Waals surface area (Å²) in [5.41, 5.74) is 2.20. The molecule has 0 radical (unpaired) electrons. The summed E-state index contributed by atoms with van der Waals surface area (Å²) in [5, 5.41) is 2.90. The average molecular weight is 370 g/mol. The monoisotopic (exact) mass is 370 g/mol. The van der Waals surface area contributed by atoms with Crippen LogP contribution >= 0.6 is 0 Å². The molecule has 0 aliphatic carbocycles. The largest absolute Gasteiger partial charge is 0.495 e. The number of hydrogen-bond donors (Lipinski definition) is 1. The summed E-state index contributed by atoms with van der Waals surface area (Å²) in [6, 6.07) is 14.6. The SMILES string of the molecule is CCCN(CC(=O)Nc1ccccc1OC)Cc1ccc(C(=O)OC)cc1. The highest BCUT2D eigenvalue weighted by Gasteiger charge is 2.13. The molecule has 1 amide bonds. The number of rotatable bonds is 9. The molecule has 0 unspecified atom stereocenters. The van der Waals surface area contributed by atoms with Crippen LogP contribution in [-0.4, -0.2) is 44.1 Å². The first-order valence-electron chi connectivity index (χ1n) is 8.89. The first-order valence-corrected chi connectivity index (χ1v) is 8.89. The van der Waals surface area contributed by atoms with Gasteiger partial charge in [-0.25, -0.2) is 4.79 Å². The van der Waals surface area contributed by atoms with Gasteiger partial charge in [0, 0.05) is 6.54 Å². The van der Waals surface area contributed by atoms with Crippen LogP contribution in [0.1, 0.15) is 29.3 Å². The smallest absolute Gasteiger partial charge is 0.337 e. The summed E-state index contributed by atoms with van der Waals surface area (Å²) in [6.07, 6.45) is 0.933. The van der Waals surface area contributed by atoms with Gasteiger partial charge in [-0.1, -0.05) is 31.2 Å². The zero-order chi connectivity index (χ0) is 19.6. The van der Waals surface area contributed by atoms with E-state index in [0.717, 1.165) is 18.5 Å². The highest BCUT2D eigenvalue weighted by atomic mass is 16.5. The maximum absolute atomic E-state index is 12.5. The van der Waals surface area contributed by atoms with Crippen LogP contribution in [0.2, 0.25) is 0 Å².